The van der Waals surface area contributed by atoms with Crippen LogP contribution in [0.15, 0.2) is 60.0 Å². The van der Waals surface area contributed by atoms with E-state index in [1.807, 2.05) is 41.8 Å². The number of amides is 2. The Hall–Kier alpha value is -3.23. The Balaban J connectivity index is 1.56. The second-order valence-electron chi connectivity index (χ2n) is 6.76. The molecule has 0 saturated heterocycles. The number of benzene rings is 2. The predicted octanol–water partition coefficient (Wildman–Crippen LogP) is 5.35. The highest BCUT2D eigenvalue weighted by atomic mass is 32.1. The second-order valence-corrected chi connectivity index (χ2v) is 8.80. The van der Waals surface area contributed by atoms with Crippen molar-refractivity contribution in [2.24, 2.45) is 0 Å². The van der Waals surface area contributed by atoms with Gasteiger partial charge in [-0.25, -0.2) is 0 Å². The molecule has 8 heteroatoms. The molecule has 0 spiro atoms. The third-order valence-electron chi connectivity index (χ3n) is 4.61. The largest absolute Gasteiger partial charge is 0.397 e. The lowest BCUT2D eigenvalue weighted by Crippen LogP contribution is -2.19. The molecule has 0 aliphatic rings. The molecule has 0 unspecified atom stereocenters. The molecular formula is C22H18FN3O2S2. The van der Waals surface area contributed by atoms with Crippen LogP contribution in [0.5, 0.6) is 0 Å². The average molecular weight is 440 g/mol. The molecule has 30 heavy (non-hydrogen) atoms. The van der Waals surface area contributed by atoms with Crippen LogP contribution in [-0.2, 0) is 11.2 Å². The zero-order chi connectivity index (χ0) is 21.3. The van der Waals surface area contributed by atoms with Crippen LogP contribution in [0.25, 0.3) is 20.5 Å². The zero-order valence-electron chi connectivity index (χ0n) is 16.0. The van der Waals surface area contributed by atoms with Gasteiger partial charge in [0.2, 0.25) is 0 Å². The van der Waals surface area contributed by atoms with Gasteiger partial charge in [-0.3, -0.25) is 9.59 Å². The van der Waals surface area contributed by atoms with E-state index in [1.54, 1.807) is 29.5 Å². The fourth-order valence-corrected chi connectivity index (χ4v) is 4.77. The first kappa shape index (κ1) is 20.1. The number of nitrogen functional groups attached to an aromatic ring is 1. The average Bonchev–Trinajstić information content (AvgIpc) is 3.39. The maximum Gasteiger partial charge on any atom is 0.265 e. The summed E-state index contributed by atoms with van der Waals surface area (Å²) in [5.41, 5.74) is 8.78. The number of nitrogens with one attached hydrogen (secondary N) is 1. The Bertz CT molecular complexity index is 1230. The van der Waals surface area contributed by atoms with Crippen molar-refractivity contribution in [3.05, 3.63) is 70.4 Å². The fourth-order valence-electron chi connectivity index (χ4n) is 3.03. The highest BCUT2D eigenvalue weighted by molar-refractivity contribution is 7.20. The number of thiophene rings is 2. The summed E-state index contributed by atoms with van der Waals surface area (Å²) < 4.78 is 13.8. The van der Waals surface area contributed by atoms with Crippen LogP contribution in [-0.4, -0.2) is 24.0 Å². The summed E-state index contributed by atoms with van der Waals surface area (Å²) >= 11 is 2.93. The quantitative estimate of drug-likeness (QED) is 0.325. The van der Waals surface area contributed by atoms with Crippen molar-refractivity contribution in [3.63, 3.8) is 0 Å². The Kier molecular flexibility index (Phi) is 5.52. The van der Waals surface area contributed by atoms with Crippen molar-refractivity contribution in [2.45, 2.75) is 6.42 Å². The number of carbonyl (C=O) groups is 2. The summed E-state index contributed by atoms with van der Waals surface area (Å²) in [6.45, 7) is 0. The molecule has 0 atom stereocenters. The topological polar surface area (TPSA) is 75.4 Å². The van der Waals surface area contributed by atoms with E-state index in [4.69, 9.17) is 5.73 Å². The zero-order valence-corrected chi connectivity index (χ0v) is 17.6. The summed E-state index contributed by atoms with van der Waals surface area (Å²) in [7, 11) is 1.08. The van der Waals surface area contributed by atoms with Gasteiger partial charge in [-0.15, -0.1) is 22.7 Å². The van der Waals surface area contributed by atoms with Crippen LogP contribution >= 0.6 is 22.7 Å². The van der Waals surface area contributed by atoms with Gasteiger partial charge in [-0.2, -0.15) is 5.12 Å². The van der Waals surface area contributed by atoms with Crippen molar-refractivity contribution >= 4 is 55.9 Å². The Morgan fingerprint density at radius 2 is 1.97 bits per heavy atom. The summed E-state index contributed by atoms with van der Waals surface area (Å²) in [4.78, 5) is 26.0. The van der Waals surface area contributed by atoms with Gasteiger partial charge in [0.25, 0.3) is 11.8 Å². The minimum absolute atomic E-state index is 0.0333. The van der Waals surface area contributed by atoms with Gasteiger partial charge in [-0.05, 0) is 52.2 Å². The Morgan fingerprint density at radius 3 is 2.70 bits per heavy atom. The van der Waals surface area contributed by atoms with Gasteiger partial charge >= 0.3 is 0 Å². The van der Waals surface area contributed by atoms with E-state index in [0.29, 0.717) is 21.8 Å². The van der Waals surface area contributed by atoms with Crippen LogP contribution in [0.1, 0.15) is 15.2 Å². The highest BCUT2D eigenvalue weighted by Gasteiger charge is 2.15. The smallest absolute Gasteiger partial charge is 0.265 e. The monoisotopic (exact) mass is 439 g/mol. The fraction of sp³-hybridized carbons (Fsp3) is 0.0909. The van der Waals surface area contributed by atoms with E-state index in [9.17, 15) is 14.1 Å². The van der Waals surface area contributed by atoms with E-state index in [-0.39, 0.29) is 17.5 Å². The molecule has 0 fully saturated rings. The first-order valence-corrected chi connectivity index (χ1v) is 10.8. The van der Waals surface area contributed by atoms with Gasteiger partial charge in [-0.1, -0.05) is 28.7 Å². The maximum absolute atomic E-state index is 13.0. The molecule has 3 N–H and O–H groups in total. The second kappa shape index (κ2) is 8.25. The van der Waals surface area contributed by atoms with Gasteiger partial charge < -0.3 is 11.1 Å². The van der Waals surface area contributed by atoms with Crippen LogP contribution < -0.4 is 11.1 Å². The highest BCUT2D eigenvalue weighted by Crippen LogP contribution is 2.32. The molecule has 2 aromatic heterocycles. The Morgan fingerprint density at radius 1 is 1.13 bits per heavy atom. The molecule has 2 heterocycles. The molecule has 4 aromatic rings. The van der Waals surface area contributed by atoms with Crippen LogP contribution in [0.4, 0.5) is 15.9 Å². The molecule has 5 nitrogen and oxygen atoms in total. The van der Waals surface area contributed by atoms with E-state index >= 15 is 0 Å². The minimum Gasteiger partial charge on any atom is -0.397 e. The number of fused-ring (bicyclic) bond motifs is 1. The third kappa shape index (κ3) is 4.19. The lowest BCUT2D eigenvalue weighted by Gasteiger charge is -2.09. The minimum atomic E-state index is -0.620. The first-order chi connectivity index (χ1) is 14.4. The molecule has 152 valence electrons. The lowest BCUT2D eigenvalue weighted by molar-refractivity contribution is -0.142. The van der Waals surface area contributed by atoms with Crippen LogP contribution in [0.2, 0.25) is 0 Å². The van der Waals surface area contributed by atoms with Crippen LogP contribution in [0.3, 0.4) is 0 Å². The molecule has 0 bridgehead atoms. The third-order valence-corrected chi connectivity index (χ3v) is 6.63. The summed E-state index contributed by atoms with van der Waals surface area (Å²) in [5, 5.41) is 5.85. The molecule has 0 saturated carbocycles. The number of carbonyl (C=O) groups excluding carboxylic acids is 2. The summed E-state index contributed by atoms with van der Waals surface area (Å²) in [6, 6.07) is 16.7. The molecule has 0 aliphatic carbocycles. The van der Waals surface area contributed by atoms with Crippen LogP contribution in [0, 0.1) is 0 Å². The molecular weight excluding hydrogens is 421 g/mol. The van der Waals surface area contributed by atoms with E-state index < -0.39 is 5.91 Å². The Labute approximate surface area is 180 Å². The number of nitrogens with two attached hydrogens (primary N) is 1. The molecule has 0 radical (unpaired) electrons. The number of likely N-dealkylation sites (N-methyl/N-ethyl adjacent to an activating group) is 1. The molecule has 2 aromatic carbocycles. The molecule has 2 amide bonds. The lowest BCUT2D eigenvalue weighted by atomic mass is 10.1. The van der Waals surface area contributed by atoms with E-state index in [2.05, 4.69) is 5.32 Å². The van der Waals surface area contributed by atoms with Crippen molar-refractivity contribution in [1.82, 2.24) is 5.12 Å². The van der Waals surface area contributed by atoms with Crippen molar-refractivity contribution < 1.29 is 14.1 Å². The number of halogens is 1. The number of rotatable bonds is 5. The molecule has 4 rings (SSSR count). The van der Waals surface area contributed by atoms with Crippen molar-refractivity contribution in [2.75, 3.05) is 18.1 Å². The number of anilines is 2. The van der Waals surface area contributed by atoms with Crippen molar-refractivity contribution in [1.29, 1.82) is 0 Å². The number of hydrogen-bond acceptors (Lipinski definition) is 5. The standard InChI is InChI=1S/C22H18FN3O2S2/c1-26(23)21(27)10-13-4-5-15-12-20(30-19(15)9-13)22(28)25-17-11-14(6-7-16(17)24)18-3-2-8-29-18/h2-9,11-12H,10,24H2,1H3,(H,25,28). The van der Waals surface area contributed by atoms with Gasteiger partial charge in [0.15, 0.2) is 0 Å². The van der Waals surface area contributed by atoms with Gasteiger partial charge in [0, 0.05) is 16.6 Å². The van der Waals surface area contributed by atoms with Gasteiger partial charge in [0.05, 0.1) is 22.7 Å². The SMILES string of the molecule is CN(F)C(=O)Cc1ccc2cc(C(=O)Nc3cc(-c4cccs4)ccc3N)sc2c1. The van der Waals surface area contributed by atoms with E-state index in [1.165, 1.54) is 11.3 Å². The first-order valence-electron chi connectivity index (χ1n) is 9.10. The normalized spacial score (nSPS) is 10.9. The van der Waals surface area contributed by atoms with Crippen molar-refractivity contribution in [3.8, 4) is 10.4 Å². The van der Waals surface area contributed by atoms with E-state index in [0.717, 1.165) is 27.6 Å². The molecule has 0 aliphatic heterocycles. The van der Waals surface area contributed by atoms with Gasteiger partial charge in [0.1, 0.15) is 0 Å². The number of nitrogens with zero attached hydrogens (tertiary/aromatic N) is 1. The number of hydrogen-bond donors (Lipinski definition) is 2. The maximum atomic E-state index is 13.0. The predicted molar refractivity (Wildman–Crippen MR) is 122 cm³/mol. The summed E-state index contributed by atoms with van der Waals surface area (Å²) in [5.74, 6) is -0.877. The summed E-state index contributed by atoms with van der Waals surface area (Å²) in [6.07, 6.45) is -0.0333.